The summed E-state index contributed by atoms with van der Waals surface area (Å²) in [5.74, 6) is 0.562. The van der Waals surface area contributed by atoms with Crippen LogP contribution in [0, 0.1) is 4.77 Å². The lowest BCUT2D eigenvalue weighted by atomic mass is 10.3. The maximum Gasteiger partial charge on any atom is 0.195 e. The number of nitrogens with zero attached hydrogens (tertiary/aromatic N) is 4. The minimum absolute atomic E-state index is 0.113. The molecule has 86 valence electrons. The van der Waals surface area contributed by atoms with Crippen molar-refractivity contribution in [1.82, 2.24) is 24.5 Å². The number of aromatic amines is 1. The van der Waals surface area contributed by atoms with Crippen LogP contribution < -0.4 is 0 Å². The molecular formula is C9H13N5OS. The number of hydrogen-bond acceptors (Lipinski definition) is 4. The summed E-state index contributed by atoms with van der Waals surface area (Å²) in [6.07, 6.45) is 2.56. The first-order chi connectivity index (χ1) is 7.72. The van der Waals surface area contributed by atoms with Crippen LogP contribution in [0.5, 0.6) is 0 Å². The van der Waals surface area contributed by atoms with Gasteiger partial charge in [0.15, 0.2) is 10.6 Å². The van der Waals surface area contributed by atoms with E-state index in [9.17, 15) is 0 Å². The molecule has 0 atom stereocenters. The molecule has 0 radical (unpaired) electrons. The number of H-pyrrole nitrogens is 1. The van der Waals surface area contributed by atoms with Gasteiger partial charge in [0.05, 0.1) is 0 Å². The first kappa shape index (κ1) is 11.0. The van der Waals surface area contributed by atoms with Gasteiger partial charge < -0.3 is 9.67 Å². The lowest BCUT2D eigenvalue weighted by Crippen LogP contribution is -2.08. The zero-order valence-corrected chi connectivity index (χ0v) is 9.74. The van der Waals surface area contributed by atoms with Crippen LogP contribution in [0.15, 0.2) is 12.3 Å². The third-order valence-corrected chi connectivity index (χ3v) is 2.80. The van der Waals surface area contributed by atoms with E-state index < -0.39 is 0 Å². The molecule has 2 aromatic heterocycles. The predicted molar refractivity (Wildman–Crippen MR) is 60.2 cm³/mol. The van der Waals surface area contributed by atoms with Gasteiger partial charge >= 0.3 is 0 Å². The topological polar surface area (TPSA) is 71.7 Å². The quantitative estimate of drug-likeness (QED) is 0.758. The molecule has 0 aliphatic rings. The molecule has 2 rings (SSSR count). The average Bonchev–Trinajstić information content (AvgIpc) is 2.82. The Hall–Kier alpha value is -1.47. The minimum atomic E-state index is -0.113. The van der Waals surface area contributed by atoms with E-state index in [1.54, 1.807) is 10.8 Å². The molecule has 2 aromatic rings. The van der Waals surface area contributed by atoms with E-state index in [2.05, 4.69) is 15.3 Å². The smallest absolute Gasteiger partial charge is 0.195 e. The number of aliphatic hydroxyl groups excluding tert-OH is 1. The van der Waals surface area contributed by atoms with Crippen LogP contribution in [0.25, 0.3) is 0 Å². The highest BCUT2D eigenvalue weighted by molar-refractivity contribution is 7.71. The van der Waals surface area contributed by atoms with E-state index in [0.717, 1.165) is 12.1 Å². The van der Waals surface area contributed by atoms with Crippen molar-refractivity contribution in [2.75, 3.05) is 0 Å². The molecule has 0 fully saturated rings. The fourth-order valence-corrected chi connectivity index (χ4v) is 1.82. The number of aliphatic hydroxyl groups is 1. The Morgan fingerprint density at radius 3 is 3.00 bits per heavy atom. The first-order valence-corrected chi connectivity index (χ1v) is 5.35. The second-order valence-corrected chi connectivity index (χ2v) is 3.84. The summed E-state index contributed by atoms with van der Waals surface area (Å²) in [5.41, 5.74) is 1.12. The summed E-state index contributed by atoms with van der Waals surface area (Å²) in [6.45, 7) is 0.573. The van der Waals surface area contributed by atoms with Crippen molar-refractivity contribution in [3.63, 3.8) is 0 Å². The fourth-order valence-electron chi connectivity index (χ4n) is 1.57. The monoisotopic (exact) mass is 239 g/mol. The van der Waals surface area contributed by atoms with Crippen molar-refractivity contribution >= 4 is 12.2 Å². The van der Waals surface area contributed by atoms with Crippen LogP contribution in [-0.2, 0) is 26.6 Å². The summed E-state index contributed by atoms with van der Waals surface area (Å²) >= 11 is 5.08. The zero-order valence-electron chi connectivity index (χ0n) is 8.92. The van der Waals surface area contributed by atoms with Crippen LogP contribution in [0.3, 0.4) is 0 Å². The number of aryl methyl sites for hydroxylation is 2. The summed E-state index contributed by atoms with van der Waals surface area (Å²) in [7, 11) is 1.90. The second-order valence-electron chi connectivity index (χ2n) is 3.45. The van der Waals surface area contributed by atoms with Crippen LogP contribution in [-0.4, -0.2) is 29.7 Å². The summed E-state index contributed by atoms with van der Waals surface area (Å²) < 4.78 is 4.15. The molecule has 7 heteroatoms. The molecule has 0 saturated carbocycles. The maximum atomic E-state index is 9.08. The Morgan fingerprint density at radius 2 is 2.38 bits per heavy atom. The Kier molecular flexibility index (Phi) is 3.16. The molecule has 0 unspecified atom stereocenters. The van der Waals surface area contributed by atoms with Crippen LogP contribution in [0.2, 0.25) is 0 Å². The van der Waals surface area contributed by atoms with E-state index in [0.29, 0.717) is 17.1 Å². The normalized spacial score (nSPS) is 10.9. The molecule has 0 aliphatic heterocycles. The standard InChI is InChI=1S/C9H13N5OS/c1-13-7(2-4-10-13)3-5-14-8(6-15)11-12-9(14)16/h2,4,15H,3,5-6H2,1H3,(H,12,16). The number of rotatable bonds is 4. The van der Waals surface area contributed by atoms with Gasteiger partial charge in [-0.1, -0.05) is 0 Å². The van der Waals surface area contributed by atoms with Gasteiger partial charge in [-0.05, 0) is 18.3 Å². The maximum absolute atomic E-state index is 9.08. The lowest BCUT2D eigenvalue weighted by molar-refractivity contribution is 0.264. The van der Waals surface area contributed by atoms with E-state index in [1.165, 1.54) is 0 Å². The van der Waals surface area contributed by atoms with Gasteiger partial charge in [0.25, 0.3) is 0 Å². The molecule has 0 amide bonds. The van der Waals surface area contributed by atoms with Gasteiger partial charge in [0.2, 0.25) is 0 Å². The van der Waals surface area contributed by atoms with Crippen molar-refractivity contribution in [3.8, 4) is 0 Å². The van der Waals surface area contributed by atoms with Gasteiger partial charge in [-0.25, -0.2) is 0 Å². The number of hydrogen-bond donors (Lipinski definition) is 2. The molecule has 2 N–H and O–H groups in total. The Bertz CT molecular complexity index is 526. The van der Waals surface area contributed by atoms with Crippen LogP contribution >= 0.6 is 12.2 Å². The molecule has 0 spiro atoms. The van der Waals surface area contributed by atoms with Gasteiger partial charge in [0, 0.05) is 31.9 Å². The van der Waals surface area contributed by atoms with E-state index in [-0.39, 0.29) is 6.61 Å². The van der Waals surface area contributed by atoms with Gasteiger partial charge in [-0.15, -0.1) is 0 Å². The Morgan fingerprint density at radius 1 is 1.56 bits per heavy atom. The van der Waals surface area contributed by atoms with E-state index >= 15 is 0 Å². The van der Waals surface area contributed by atoms with Crippen molar-refractivity contribution in [1.29, 1.82) is 0 Å². The van der Waals surface area contributed by atoms with Crippen molar-refractivity contribution in [2.45, 2.75) is 19.6 Å². The molecule has 0 saturated heterocycles. The van der Waals surface area contributed by atoms with Gasteiger partial charge in [-0.2, -0.15) is 10.2 Å². The highest BCUT2D eigenvalue weighted by Crippen LogP contribution is 2.03. The largest absolute Gasteiger partial charge is 0.388 e. The molecule has 2 heterocycles. The second kappa shape index (κ2) is 4.58. The summed E-state index contributed by atoms with van der Waals surface area (Å²) in [4.78, 5) is 0. The fraction of sp³-hybridized carbons (Fsp3) is 0.444. The Labute approximate surface area is 97.5 Å². The lowest BCUT2D eigenvalue weighted by Gasteiger charge is -2.05. The third-order valence-electron chi connectivity index (χ3n) is 2.49. The van der Waals surface area contributed by atoms with Crippen LogP contribution in [0.1, 0.15) is 11.5 Å². The molecule has 0 aliphatic carbocycles. The predicted octanol–water partition coefficient (Wildman–Crippen LogP) is 0.409. The SMILES string of the molecule is Cn1nccc1CCn1c(CO)n[nH]c1=S. The van der Waals surface area contributed by atoms with Crippen LogP contribution in [0.4, 0.5) is 0 Å². The first-order valence-electron chi connectivity index (χ1n) is 4.94. The molecule has 0 bridgehead atoms. The number of nitrogens with one attached hydrogen (secondary N) is 1. The summed E-state index contributed by atoms with van der Waals surface area (Å²) in [6, 6.07) is 1.96. The zero-order chi connectivity index (χ0) is 11.5. The van der Waals surface area contributed by atoms with Gasteiger partial charge in [0.1, 0.15) is 6.61 Å². The minimum Gasteiger partial charge on any atom is -0.388 e. The number of aromatic nitrogens is 5. The molecule has 16 heavy (non-hydrogen) atoms. The van der Waals surface area contributed by atoms with Crippen molar-refractivity contribution in [2.24, 2.45) is 7.05 Å². The Balaban J connectivity index is 2.13. The highest BCUT2D eigenvalue weighted by atomic mass is 32.1. The van der Waals surface area contributed by atoms with E-state index in [4.69, 9.17) is 17.3 Å². The third kappa shape index (κ3) is 2.05. The van der Waals surface area contributed by atoms with Crippen molar-refractivity contribution in [3.05, 3.63) is 28.6 Å². The molecule has 6 nitrogen and oxygen atoms in total. The molecular weight excluding hydrogens is 226 g/mol. The van der Waals surface area contributed by atoms with Crippen molar-refractivity contribution < 1.29 is 5.11 Å². The van der Waals surface area contributed by atoms with E-state index in [1.807, 2.05) is 17.8 Å². The summed E-state index contributed by atoms with van der Waals surface area (Å²) in [5, 5.41) is 19.8. The van der Waals surface area contributed by atoms with Gasteiger partial charge in [-0.3, -0.25) is 9.78 Å². The average molecular weight is 239 g/mol. The highest BCUT2D eigenvalue weighted by Gasteiger charge is 2.05. The molecule has 0 aromatic carbocycles.